The molecule has 1 saturated heterocycles. The minimum atomic E-state index is 0.348. The van der Waals surface area contributed by atoms with Crippen LogP contribution >= 0.6 is 24.0 Å². The fourth-order valence-corrected chi connectivity index (χ4v) is 3.21. The Morgan fingerprint density at radius 2 is 2.41 bits per heavy atom. The van der Waals surface area contributed by atoms with E-state index in [0.29, 0.717) is 15.9 Å². The minimum absolute atomic E-state index is 0.348. The molecule has 0 aliphatic carbocycles. The summed E-state index contributed by atoms with van der Waals surface area (Å²) in [6.07, 6.45) is 4.00. The van der Waals surface area contributed by atoms with E-state index in [-0.39, 0.29) is 0 Å². The van der Waals surface area contributed by atoms with Gasteiger partial charge in [-0.2, -0.15) is 11.8 Å². The first-order valence-electron chi connectivity index (χ1n) is 5.88. The smallest absolute Gasteiger partial charge is 0.126 e. The van der Waals surface area contributed by atoms with Gasteiger partial charge in [0.05, 0.1) is 5.69 Å². The van der Waals surface area contributed by atoms with Crippen LogP contribution in [0.4, 0.5) is 5.82 Å². The van der Waals surface area contributed by atoms with Crippen molar-refractivity contribution < 1.29 is 0 Å². The van der Waals surface area contributed by atoms with E-state index in [2.05, 4.69) is 22.1 Å². The van der Waals surface area contributed by atoms with Crippen LogP contribution in [0.25, 0.3) is 0 Å². The zero-order valence-electron chi connectivity index (χ0n) is 9.69. The second-order valence-corrected chi connectivity index (χ2v) is 5.99. The van der Waals surface area contributed by atoms with Crippen molar-refractivity contribution in [2.75, 3.05) is 17.6 Å². The maximum Gasteiger partial charge on any atom is 0.126 e. The Bertz CT molecular complexity index is 389. The number of aromatic nitrogens is 1. The number of rotatable bonds is 4. The average Bonchev–Trinajstić information content (AvgIpc) is 2.38. The highest BCUT2D eigenvalue weighted by Crippen LogP contribution is 2.25. The third-order valence-electron chi connectivity index (χ3n) is 2.79. The predicted octanol–water partition coefficient (Wildman–Crippen LogP) is 2.41. The summed E-state index contributed by atoms with van der Waals surface area (Å²) in [6, 6.07) is 5.72. The van der Waals surface area contributed by atoms with E-state index in [1.807, 2.05) is 18.2 Å². The lowest BCUT2D eigenvalue weighted by atomic mass is 10.2. The van der Waals surface area contributed by atoms with Crippen molar-refractivity contribution in [3.8, 4) is 0 Å². The van der Waals surface area contributed by atoms with Gasteiger partial charge in [-0.15, -0.1) is 0 Å². The molecule has 1 unspecified atom stereocenters. The Kier molecular flexibility index (Phi) is 4.62. The van der Waals surface area contributed by atoms with Gasteiger partial charge in [-0.05, 0) is 30.7 Å². The van der Waals surface area contributed by atoms with Crippen LogP contribution in [0.1, 0.15) is 25.0 Å². The molecule has 1 aliphatic rings. The summed E-state index contributed by atoms with van der Waals surface area (Å²) in [4.78, 5) is 4.72. The van der Waals surface area contributed by atoms with E-state index in [4.69, 9.17) is 18.0 Å². The normalized spacial score (nSPS) is 19.9. The molecule has 0 aromatic carbocycles. The Labute approximate surface area is 112 Å². The lowest BCUT2D eigenvalue weighted by molar-refractivity contribution is 0.677. The summed E-state index contributed by atoms with van der Waals surface area (Å²) in [5.41, 5.74) is 6.24. The van der Waals surface area contributed by atoms with Gasteiger partial charge in [0.25, 0.3) is 0 Å². The highest BCUT2D eigenvalue weighted by Gasteiger charge is 2.13. The van der Waals surface area contributed by atoms with Crippen molar-refractivity contribution in [2.24, 2.45) is 5.73 Å². The zero-order chi connectivity index (χ0) is 12.1. The van der Waals surface area contributed by atoms with Gasteiger partial charge in [-0.3, -0.25) is 0 Å². The molecule has 92 valence electrons. The molecule has 1 aliphatic heterocycles. The number of nitrogens with zero attached hydrogens (tertiary/aromatic N) is 1. The molecule has 2 rings (SSSR count). The third-order valence-corrected chi connectivity index (χ3v) is 4.39. The number of hydrogen-bond donors (Lipinski definition) is 2. The number of pyridine rings is 1. The third kappa shape index (κ3) is 3.85. The summed E-state index contributed by atoms with van der Waals surface area (Å²) in [5.74, 6) is 2.15. The average molecular weight is 267 g/mol. The van der Waals surface area contributed by atoms with Crippen LogP contribution in [0.5, 0.6) is 0 Å². The first kappa shape index (κ1) is 12.6. The number of thioether (sulfide) groups is 1. The molecule has 17 heavy (non-hydrogen) atoms. The molecule has 5 heteroatoms. The van der Waals surface area contributed by atoms with Crippen molar-refractivity contribution in [1.82, 2.24) is 4.98 Å². The maximum atomic E-state index is 5.56. The van der Waals surface area contributed by atoms with Crippen LogP contribution in [0.3, 0.4) is 0 Å². The molecule has 0 bridgehead atoms. The van der Waals surface area contributed by atoms with Gasteiger partial charge in [0.15, 0.2) is 0 Å². The van der Waals surface area contributed by atoms with Gasteiger partial charge in [0, 0.05) is 11.8 Å². The standard InChI is InChI=1S/C12H17N3S2/c13-12(16)10-5-3-6-11(15-10)14-8-9-4-1-2-7-17-9/h3,5-6,9H,1-2,4,7-8H2,(H2,13,16)(H,14,15). The molecule has 2 heterocycles. The fourth-order valence-electron chi connectivity index (χ4n) is 1.86. The SMILES string of the molecule is NC(=S)c1cccc(NCC2CCCCS2)n1. The molecule has 0 spiro atoms. The molecule has 0 saturated carbocycles. The quantitative estimate of drug-likeness (QED) is 0.821. The summed E-state index contributed by atoms with van der Waals surface area (Å²) in [7, 11) is 0. The van der Waals surface area contributed by atoms with Crippen LogP contribution < -0.4 is 11.1 Å². The molecule has 1 aromatic heterocycles. The summed E-state index contributed by atoms with van der Waals surface area (Å²) < 4.78 is 0. The summed E-state index contributed by atoms with van der Waals surface area (Å²) >= 11 is 6.97. The summed E-state index contributed by atoms with van der Waals surface area (Å²) in [6.45, 7) is 0.971. The van der Waals surface area contributed by atoms with E-state index in [0.717, 1.165) is 12.4 Å². The van der Waals surface area contributed by atoms with E-state index in [9.17, 15) is 0 Å². The largest absolute Gasteiger partial charge is 0.388 e. The summed E-state index contributed by atoms with van der Waals surface area (Å²) in [5, 5.41) is 4.07. The Morgan fingerprint density at radius 3 is 3.12 bits per heavy atom. The van der Waals surface area contributed by atoms with E-state index >= 15 is 0 Å². The number of hydrogen-bond acceptors (Lipinski definition) is 4. The maximum absolute atomic E-state index is 5.56. The van der Waals surface area contributed by atoms with Gasteiger partial charge in [-0.1, -0.05) is 24.7 Å². The number of nitrogens with two attached hydrogens (primary N) is 1. The van der Waals surface area contributed by atoms with Crippen molar-refractivity contribution in [3.05, 3.63) is 23.9 Å². The Morgan fingerprint density at radius 1 is 1.53 bits per heavy atom. The highest BCUT2D eigenvalue weighted by atomic mass is 32.2. The lowest BCUT2D eigenvalue weighted by Gasteiger charge is -2.21. The van der Waals surface area contributed by atoms with Crippen molar-refractivity contribution in [2.45, 2.75) is 24.5 Å². The second-order valence-electron chi connectivity index (χ2n) is 4.14. The van der Waals surface area contributed by atoms with Crippen LogP contribution in [0.15, 0.2) is 18.2 Å². The fraction of sp³-hybridized carbons (Fsp3) is 0.500. The Balaban J connectivity index is 1.89. The van der Waals surface area contributed by atoms with Gasteiger partial charge < -0.3 is 11.1 Å². The van der Waals surface area contributed by atoms with Gasteiger partial charge in [0.2, 0.25) is 0 Å². The zero-order valence-corrected chi connectivity index (χ0v) is 11.3. The highest BCUT2D eigenvalue weighted by molar-refractivity contribution is 7.99. The minimum Gasteiger partial charge on any atom is -0.388 e. The predicted molar refractivity (Wildman–Crippen MR) is 78.7 cm³/mol. The first-order valence-corrected chi connectivity index (χ1v) is 7.34. The molecule has 0 amide bonds. The molecular formula is C12H17N3S2. The van der Waals surface area contributed by atoms with Crippen LogP contribution in [-0.2, 0) is 0 Å². The molecular weight excluding hydrogens is 250 g/mol. The van der Waals surface area contributed by atoms with Gasteiger partial charge in [0.1, 0.15) is 10.8 Å². The van der Waals surface area contributed by atoms with E-state index in [1.54, 1.807) is 0 Å². The Hall–Kier alpha value is -0.810. The van der Waals surface area contributed by atoms with Crippen molar-refractivity contribution in [3.63, 3.8) is 0 Å². The van der Waals surface area contributed by atoms with Gasteiger partial charge in [-0.25, -0.2) is 4.98 Å². The monoisotopic (exact) mass is 267 g/mol. The first-order chi connectivity index (χ1) is 8.25. The van der Waals surface area contributed by atoms with Crippen molar-refractivity contribution >= 4 is 34.8 Å². The number of anilines is 1. The van der Waals surface area contributed by atoms with E-state index < -0.39 is 0 Å². The van der Waals surface area contributed by atoms with E-state index in [1.165, 1.54) is 25.0 Å². The number of nitrogens with one attached hydrogen (secondary N) is 1. The molecule has 0 radical (unpaired) electrons. The van der Waals surface area contributed by atoms with Crippen LogP contribution in [-0.4, -0.2) is 27.5 Å². The molecule has 1 atom stereocenters. The van der Waals surface area contributed by atoms with Crippen molar-refractivity contribution in [1.29, 1.82) is 0 Å². The molecule has 1 aromatic rings. The van der Waals surface area contributed by atoms with Crippen LogP contribution in [0, 0.1) is 0 Å². The van der Waals surface area contributed by atoms with Gasteiger partial charge >= 0.3 is 0 Å². The molecule has 1 fully saturated rings. The topological polar surface area (TPSA) is 50.9 Å². The second kappa shape index (κ2) is 6.21. The van der Waals surface area contributed by atoms with Crippen LogP contribution in [0.2, 0.25) is 0 Å². The lowest BCUT2D eigenvalue weighted by Crippen LogP contribution is -2.21. The number of thiocarbonyl (C=S) groups is 1. The molecule has 3 N–H and O–H groups in total. The molecule has 3 nitrogen and oxygen atoms in total.